The molecular formula is C12H23N3O. The van der Waals surface area contributed by atoms with Crippen LogP contribution >= 0.6 is 0 Å². The first-order chi connectivity index (χ1) is 7.20. The lowest BCUT2D eigenvalue weighted by Crippen LogP contribution is -2.36. The predicted molar refractivity (Wildman–Crippen MR) is 65.3 cm³/mol. The fraction of sp³-hybridized carbons (Fsp3) is 0.750. The Morgan fingerprint density at radius 1 is 1.38 bits per heavy atom. The van der Waals surface area contributed by atoms with E-state index in [1.807, 2.05) is 39.5 Å². The second-order valence-electron chi connectivity index (χ2n) is 5.26. The van der Waals surface area contributed by atoms with Crippen LogP contribution in [0.2, 0.25) is 0 Å². The average molecular weight is 225 g/mol. The Balaban J connectivity index is 2.73. The van der Waals surface area contributed by atoms with E-state index < -0.39 is 5.60 Å². The summed E-state index contributed by atoms with van der Waals surface area (Å²) in [4.78, 5) is 2.12. The van der Waals surface area contributed by atoms with Crippen LogP contribution in [0.3, 0.4) is 0 Å². The number of aromatic nitrogens is 2. The summed E-state index contributed by atoms with van der Waals surface area (Å²) in [6, 6.07) is 0. The Bertz CT molecular complexity index is 363. The molecule has 0 aliphatic heterocycles. The normalized spacial score (nSPS) is 12.5. The van der Waals surface area contributed by atoms with E-state index in [1.54, 1.807) is 0 Å². The number of nitrogens with zero attached hydrogens (tertiary/aromatic N) is 3. The average Bonchev–Trinajstić information content (AvgIpc) is 2.29. The number of aryl methyl sites for hydroxylation is 2. The summed E-state index contributed by atoms with van der Waals surface area (Å²) in [5, 5.41) is 14.1. The summed E-state index contributed by atoms with van der Waals surface area (Å²) in [6.07, 6.45) is 0. The molecule has 0 amide bonds. The molecule has 0 aliphatic rings. The van der Waals surface area contributed by atoms with Crippen LogP contribution in [0.4, 0.5) is 0 Å². The molecule has 1 rings (SSSR count). The van der Waals surface area contributed by atoms with Crippen molar-refractivity contribution in [3.63, 3.8) is 0 Å². The Hall–Kier alpha value is -0.870. The Morgan fingerprint density at radius 2 is 1.94 bits per heavy atom. The molecule has 4 heteroatoms. The largest absolute Gasteiger partial charge is 0.389 e. The van der Waals surface area contributed by atoms with Crippen molar-refractivity contribution < 1.29 is 5.11 Å². The smallest absolute Gasteiger partial charge is 0.0718 e. The van der Waals surface area contributed by atoms with Crippen LogP contribution in [-0.2, 0) is 13.6 Å². The maximum absolute atomic E-state index is 9.75. The first-order valence-corrected chi connectivity index (χ1v) is 5.60. The van der Waals surface area contributed by atoms with Crippen molar-refractivity contribution in [3.8, 4) is 0 Å². The third kappa shape index (κ3) is 3.32. The lowest BCUT2D eigenvalue weighted by Gasteiger charge is -2.25. The van der Waals surface area contributed by atoms with Gasteiger partial charge in [-0.25, -0.2) is 0 Å². The molecule has 1 aromatic rings. The van der Waals surface area contributed by atoms with Crippen LogP contribution < -0.4 is 0 Å². The summed E-state index contributed by atoms with van der Waals surface area (Å²) < 4.78 is 1.91. The van der Waals surface area contributed by atoms with E-state index in [1.165, 1.54) is 11.3 Å². The van der Waals surface area contributed by atoms with Gasteiger partial charge in [0.25, 0.3) is 0 Å². The van der Waals surface area contributed by atoms with Gasteiger partial charge in [-0.1, -0.05) is 0 Å². The summed E-state index contributed by atoms with van der Waals surface area (Å²) in [7, 11) is 3.98. The predicted octanol–water partition coefficient (Wildman–Crippen LogP) is 1.24. The highest BCUT2D eigenvalue weighted by Crippen LogP contribution is 2.15. The molecule has 0 unspecified atom stereocenters. The Morgan fingerprint density at radius 3 is 2.31 bits per heavy atom. The van der Waals surface area contributed by atoms with Crippen molar-refractivity contribution in [2.24, 2.45) is 7.05 Å². The summed E-state index contributed by atoms with van der Waals surface area (Å²) in [6.45, 7) is 9.24. The van der Waals surface area contributed by atoms with E-state index in [0.717, 1.165) is 12.2 Å². The van der Waals surface area contributed by atoms with Crippen LogP contribution in [0.15, 0.2) is 0 Å². The van der Waals surface area contributed by atoms with Gasteiger partial charge in [0.15, 0.2) is 0 Å². The van der Waals surface area contributed by atoms with Crippen LogP contribution in [0.5, 0.6) is 0 Å². The highest BCUT2D eigenvalue weighted by atomic mass is 16.3. The molecule has 0 saturated heterocycles. The van der Waals surface area contributed by atoms with Crippen LogP contribution in [0.1, 0.15) is 30.8 Å². The van der Waals surface area contributed by atoms with Gasteiger partial charge in [0.1, 0.15) is 0 Å². The van der Waals surface area contributed by atoms with Gasteiger partial charge in [0.05, 0.1) is 11.3 Å². The van der Waals surface area contributed by atoms with E-state index in [9.17, 15) is 5.11 Å². The molecule has 1 N–H and O–H groups in total. The molecule has 0 aromatic carbocycles. The highest BCUT2D eigenvalue weighted by Gasteiger charge is 2.18. The van der Waals surface area contributed by atoms with Gasteiger partial charge in [0, 0.05) is 31.4 Å². The molecule has 92 valence electrons. The monoisotopic (exact) mass is 225 g/mol. The maximum Gasteiger partial charge on any atom is 0.0718 e. The Labute approximate surface area is 97.9 Å². The molecule has 0 bridgehead atoms. The van der Waals surface area contributed by atoms with Gasteiger partial charge >= 0.3 is 0 Å². The zero-order chi connectivity index (χ0) is 12.5. The van der Waals surface area contributed by atoms with Crippen molar-refractivity contribution in [2.75, 3.05) is 13.6 Å². The summed E-state index contributed by atoms with van der Waals surface area (Å²) in [5.41, 5.74) is 2.87. The molecule has 4 nitrogen and oxygen atoms in total. The molecule has 1 aromatic heterocycles. The van der Waals surface area contributed by atoms with Crippen LogP contribution in [0, 0.1) is 13.8 Å². The molecule has 0 radical (unpaired) electrons. The number of hydrogen-bond acceptors (Lipinski definition) is 3. The number of hydrogen-bond donors (Lipinski definition) is 1. The summed E-state index contributed by atoms with van der Waals surface area (Å²) in [5.74, 6) is 0. The minimum absolute atomic E-state index is 0.654. The van der Waals surface area contributed by atoms with Crippen molar-refractivity contribution in [1.29, 1.82) is 0 Å². The number of rotatable bonds is 4. The minimum Gasteiger partial charge on any atom is -0.389 e. The Kier molecular flexibility index (Phi) is 3.76. The van der Waals surface area contributed by atoms with Crippen molar-refractivity contribution in [1.82, 2.24) is 14.7 Å². The van der Waals surface area contributed by atoms with E-state index in [0.29, 0.717) is 6.54 Å². The highest BCUT2D eigenvalue weighted by molar-refractivity contribution is 5.24. The van der Waals surface area contributed by atoms with Crippen molar-refractivity contribution in [3.05, 3.63) is 17.0 Å². The van der Waals surface area contributed by atoms with E-state index in [2.05, 4.69) is 16.9 Å². The zero-order valence-corrected chi connectivity index (χ0v) is 11.2. The first kappa shape index (κ1) is 13.2. The van der Waals surface area contributed by atoms with Crippen molar-refractivity contribution >= 4 is 0 Å². The first-order valence-electron chi connectivity index (χ1n) is 5.60. The van der Waals surface area contributed by atoms with Gasteiger partial charge in [-0.05, 0) is 34.7 Å². The van der Waals surface area contributed by atoms with Gasteiger partial charge in [0.2, 0.25) is 0 Å². The molecular weight excluding hydrogens is 202 g/mol. The van der Waals surface area contributed by atoms with Gasteiger partial charge < -0.3 is 5.11 Å². The topological polar surface area (TPSA) is 41.3 Å². The van der Waals surface area contributed by atoms with Gasteiger partial charge in [-0.15, -0.1) is 0 Å². The lowest BCUT2D eigenvalue weighted by atomic mass is 10.1. The summed E-state index contributed by atoms with van der Waals surface area (Å²) >= 11 is 0. The second kappa shape index (κ2) is 4.55. The molecule has 16 heavy (non-hydrogen) atoms. The van der Waals surface area contributed by atoms with Crippen LogP contribution in [-0.4, -0.2) is 39.0 Å². The standard InChI is InChI=1S/C12H23N3O/c1-9-11(10(2)15(6)13-9)7-14(5)8-12(3,4)16/h16H,7-8H2,1-6H3. The van der Waals surface area contributed by atoms with E-state index >= 15 is 0 Å². The van der Waals surface area contributed by atoms with Crippen molar-refractivity contribution in [2.45, 2.75) is 39.8 Å². The molecule has 0 atom stereocenters. The maximum atomic E-state index is 9.75. The molecule has 1 heterocycles. The second-order valence-corrected chi connectivity index (χ2v) is 5.26. The molecule has 0 saturated carbocycles. The fourth-order valence-corrected chi connectivity index (χ4v) is 2.03. The third-order valence-electron chi connectivity index (χ3n) is 2.74. The zero-order valence-electron chi connectivity index (χ0n) is 11.2. The van der Waals surface area contributed by atoms with Gasteiger partial charge in [-0.3, -0.25) is 9.58 Å². The van der Waals surface area contributed by atoms with Gasteiger partial charge in [-0.2, -0.15) is 5.10 Å². The van der Waals surface area contributed by atoms with E-state index in [-0.39, 0.29) is 0 Å². The lowest BCUT2D eigenvalue weighted by molar-refractivity contribution is 0.0423. The molecule has 0 aliphatic carbocycles. The molecule has 0 fully saturated rings. The molecule has 0 spiro atoms. The fourth-order valence-electron chi connectivity index (χ4n) is 2.03. The number of likely N-dealkylation sites (N-methyl/N-ethyl adjacent to an activating group) is 1. The minimum atomic E-state index is -0.654. The SMILES string of the molecule is Cc1nn(C)c(C)c1CN(C)CC(C)(C)O. The van der Waals surface area contributed by atoms with Crippen LogP contribution in [0.25, 0.3) is 0 Å². The quantitative estimate of drug-likeness (QED) is 0.838. The third-order valence-corrected chi connectivity index (χ3v) is 2.74. The van der Waals surface area contributed by atoms with E-state index in [4.69, 9.17) is 0 Å². The number of aliphatic hydroxyl groups is 1.